The van der Waals surface area contributed by atoms with Gasteiger partial charge in [0, 0.05) is 6.20 Å². The number of nitrogens with zero attached hydrogens (tertiary/aromatic N) is 2. The van der Waals surface area contributed by atoms with Gasteiger partial charge in [0.15, 0.2) is 0 Å². The highest BCUT2D eigenvalue weighted by molar-refractivity contribution is 5.88. The van der Waals surface area contributed by atoms with Crippen molar-refractivity contribution < 1.29 is 4.79 Å². The number of hydrogen-bond acceptors (Lipinski definition) is 4. The van der Waals surface area contributed by atoms with Gasteiger partial charge >= 0.3 is 5.69 Å². The molecule has 0 spiro atoms. The first-order chi connectivity index (χ1) is 5.65. The van der Waals surface area contributed by atoms with Crippen molar-refractivity contribution in [1.29, 1.82) is 0 Å². The standard InChI is InChI=1S/C7H7N3O2/c1-2-6(11)10-4-3-5(8)9-7(10)12/h2-4H,1H2,(H2,8,9,12). The van der Waals surface area contributed by atoms with Crippen LogP contribution >= 0.6 is 0 Å². The van der Waals surface area contributed by atoms with E-state index in [-0.39, 0.29) is 5.82 Å². The molecule has 0 unspecified atom stereocenters. The van der Waals surface area contributed by atoms with Gasteiger partial charge in [-0.25, -0.2) is 9.36 Å². The Morgan fingerprint density at radius 2 is 2.42 bits per heavy atom. The lowest BCUT2D eigenvalue weighted by atomic mass is 10.5. The van der Waals surface area contributed by atoms with E-state index in [1.54, 1.807) is 0 Å². The molecular weight excluding hydrogens is 158 g/mol. The molecule has 62 valence electrons. The average Bonchev–Trinajstić information content (AvgIpc) is 2.03. The Hall–Kier alpha value is -1.91. The first kappa shape index (κ1) is 8.19. The average molecular weight is 165 g/mol. The molecule has 1 aromatic heterocycles. The highest BCUT2D eigenvalue weighted by Crippen LogP contribution is 1.89. The second kappa shape index (κ2) is 3.00. The summed E-state index contributed by atoms with van der Waals surface area (Å²) in [5.74, 6) is -0.430. The Labute approximate surface area is 68.1 Å². The smallest absolute Gasteiger partial charge is 0.356 e. The van der Waals surface area contributed by atoms with E-state index in [2.05, 4.69) is 11.6 Å². The van der Waals surface area contributed by atoms with Gasteiger partial charge in [-0.1, -0.05) is 6.58 Å². The molecule has 2 N–H and O–H groups in total. The predicted octanol–water partition coefficient (Wildman–Crippen LogP) is -0.348. The molecule has 0 radical (unpaired) electrons. The lowest BCUT2D eigenvalue weighted by Crippen LogP contribution is -2.27. The molecule has 1 aromatic rings. The number of hydrogen-bond donors (Lipinski definition) is 1. The van der Waals surface area contributed by atoms with Crippen molar-refractivity contribution in [3.63, 3.8) is 0 Å². The van der Waals surface area contributed by atoms with Crippen molar-refractivity contribution in [2.45, 2.75) is 0 Å². The Morgan fingerprint density at radius 3 is 2.92 bits per heavy atom. The van der Waals surface area contributed by atoms with E-state index >= 15 is 0 Å². The summed E-state index contributed by atoms with van der Waals surface area (Å²) in [6.07, 6.45) is 2.29. The first-order valence-electron chi connectivity index (χ1n) is 3.17. The quantitative estimate of drug-likeness (QED) is 0.577. The van der Waals surface area contributed by atoms with Crippen LogP contribution in [0.1, 0.15) is 4.79 Å². The molecular formula is C7H7N3O2. The molecule has 12 heavy (non-hydrogen) atoms. The number of carbonyl (C=O) groups is 1. The Balaban J connectivity index is 3.28. The minimum Gasteiger partial charge on any atom is -0.383 e. The zero-order valence-electron chi connectivity index (χ0n) is 6.23. The lowest BCUT2D eigenvalue weighted by molar-refractivity contribution is 0.0964. The maximum atomic E-state index is 10.9. The molecule has 0 aliphatic rings. The molecule has 0 atom stereocenters. The van der Waals surface area contributed by atoms with Gasteiger partial charge in [0.1, 0.15) is 5.82 Å². The fraction of sp³-hybridized carbons (Fsp3) is 0. The van der Waals surface area contributed by atoms with Crippen molar-refractivity contribution in [2.75, 3.05) is 5.73 Å². The van der Waals surface area contributed by atoms with Crippen LogP contribution in [0, 0.1) is 0 Å². The summed E-state index contributed by atoms with van der Waals surface area (Å²) >= 11 is 0. The molecule has 0 fully saturated rings. The number of nitrogen functional groups attached to an aromatic ring is 1. The largest absolute Gasteiger partial charge is 0.383 e. The van der Waals surface area contributed by atoms with E-state index < -0.39 is 11.6 Å². The van der Waals surface area contributed by atoms with Crippen molar-refractivity contribution in [3.8, 4) is 0 Å². The predicted molar refractivity (Wildman–Crippen MR) is 43.7 cm³/mol. The second-order valence-electron chi connectivity index (χ2n) is 2.05. The molecule has 0 amide bonds. The van der Waals surface area contributed by atoms with Crippen LogP contribution in [0.3, 0.4) is 0 Å². The first-order valence-corrected chi connectivity index (χ1v) is 3.17. The van der Waals surface area contributed by atoms with Crippen molar-refractivity contribution in [2.24, 2.45) is 0 Å². The zero-order chi connectivity index (χ0) is 9.14. The summed E-state index contributed by atoms with van der Waals surface area (Å²) in [4.78, 5) is 25.2. The molecule has 0 saturated carbocycles. The number of aromatic nitrogens is 2. The molecule has 0 aliphatic heterocycles. The summed E-state index contributed by atoms with van der Waals surface area (Å²) in [6, 6.07) is 1.36. The normalized spacial score (nSPS) is 9.33. The van der Waals surface area contributed by atoms with Gasteiger partial charge in [-0.2, -0.15) is 4.98 Å². The van der Waals surface area contributed by atoms with Crippen LogP contribution in [0.4, 0.5) is 5.82 Å². The van der Waals surface area contributed by atoms with E-state index in [4.69, 9.17) is 5.73 Å². The van der Waals surface area contributed by atoms with Crippen LogP contribution < -0.4 is 11.4 Å². The number of carbonyl (C=O) groups excluding carboxylic acids is 1. The maximum absolute atomic E-state index is 10.9. The summed E-state index contributed by atoms with van der Waals surface area (Å²) in [6.45, 7) is 3.23. The molecule has 0 saturated heterocycles. The van der Waals surface area contributed by atoms with Gasteiger partial charge < -0.3 is 5.73 Å². The fourth-order valence-corrected chi connectivity index (χ4v) is 0.682. The van der Waals surface area contributed by atoms with Crippen molar-refractivity contribution in [1.82, 2.24) is 9.55 Å². The van der Waals surface area contributed by atoms with Crippen LogP contribution in [0.15, 0.2) is 29.7 Å². The van der Waals surface area contributed by atoms with Crippen LogP contribution in [-0.2, 0) is 0 Å². The lowest BCUT2D eigenvalue weighted by Gasteiger charge is -1.97. The third-order valence-corrected chi connectivity index (χ3v) is 1.24. The van der Waals surface area contributed by atoms with Gasteiger partial charge in [-0.05, 0) is 12.1 Å². The van der Waals surface area contributed by atoms with E-state index in [1.807, 2.05) is 0 Å². The number of rotatable bonds is 1. The van der Waals surface area contributed by atoms with Crippen LogP contribution in [0.25, 0.3) is 0 Å². The third-order valence-electron chi connectivity index (χ3n) is 1.24. The molecule has 1 heterocycles. The van der Waals surface area contributed by atoms with E-state index in [9.17, 15) is 9.59 Å². The third kappa shape index (κ3) is 1.39. The van der Waals surface area contributed by atoms with E-state index in [1.165, 1.54) is 12.3 Å². The number of anilines is 1. The van der Waals surface area contributed by atoms with Crippen LogP contribution in [-0.4, -0.2) is 15.5 Å². The molecule has 0 aliphatic carbocycles. The summed E-state index contributed by atoms with van der Waals surface area (Å²) in [5.41, 5.74) is 4.51. The summed E-state index contributed by atoms with van der Waals surface area (Å²) in [7, 11) is 0. The van der Waals surface area contributed by atoms with E-state index in [0.717, 1.165) is 10.6 Å². The minimum absolute atomic E-state index is 0.0908. The molecule has 1 rings (SSSR count). The molecule has 0 aromatic carbocycles. The summed E-state index contributed by atoms with van der Waals surface area (Å²) in [5, 5.41) is 0. The Kier molecular flexibility index (Phi) is 2.05. The molecule has 0 bridgehead atoms. The van der Waals surface area contributed by atoms with Gasteiger partial charge in [-0.3, -0.25) is 4.79 Å². The summed E-state index contributed by atoms with van der Waals surface area (Å²) < 4.78 is 0.823. The SMILES string of the molecule is C=CC(=O)n1ccc(N)nc1=O. The Morgan fingerprint density at radius 1 is 1.75 bits per heavy atom. The van der Waals surface area contributed by atoms with Crippen molar-refractivity contribution >= 4 is 11.7 Å². The van der Waals surface area contributed by atoms with Crippen LogP contribution in [0.2, 0.25) is 0 Å². The minimum atomic E-state index is -0.695. The fourth-order valence-electron chi connectivity index (χ4n) is 0.682. The second-order valence-corrected chi connectivity index (χ2v) is 2.05. The van der Waals surface area contributed by atoms with Gasteiger partial charge in [0.05, 0.1) is 0 Å². The van der Waals surface area contributed by atoms with Crippen molar-refractivity contribution in [3.05, 3.63) is 35.4 Å². The molecule has 5 nitrogen and oxygen atoms in total. The van der Waals surface area contributed by atoms with Gasteiger partial charge in [0.25, 0.3) is 5.91 Å². The van der Waals surface area contributed by atoms with E-state index in [0.29, 0.717) is 0 Å². The zero-order valence-corrected chi connectivity index (χ0v) is 6.23. The highest BCUT2D eigenvalue weighted by Gasteiger charge is 2.02. The molecule has 5 heteroatoms. The van der Waals surface area contributed by atoms with Gasteiger partial charge in [-0.15, -0.1) is 0 Å². The highest BCUT2D eigenvalue weighted by atomic mass is 16.2. The number of nitrogens with two attached hydrogens (primary N) is 1. The Bertz CT molecular complexity index is 380. The monoisotopic (exact) mass is 165 g/mol. The van der Waals surface area contributed by atoms with Gasteiger partial charge in [0.2, 0.25) is 0 Å². The van der Waals surface area contributed by atoms with Crippen LogP contribution in [0.5, 0.6) is 0 Å². The number of allylic oxidation sites excluding steroid dienone is 1. The maximum Gasteiger partial charge on any atom is 0.356 e. The topological polar surface area (TPSA) is 78.0 Å².